The van der Waals surface area contributed by atoms with Crippen molar-refractivity contribution < 1.29 is 14.3 Å². The molecule has 24 heavy (non-hydrogen) atoms. The number of hydrogen-bond donors (Lipinski definition) is 1. The van der Waals surface area contributed by atoms with Crippen LogP contribution in [0.3, 0.4) is 0 Å². The van der Waals surface area contributed by atoms with Crippen LogP contribution in [0.2, 0.25) is 0 Å². The van der Waals surface area contributed by atoms with Gasteiger partial charge in [0.2, 0.25) is 0 Å². The van der Waals surface area contributed by atoms with E-state index < -0.39 is 0 Å². The van der Waals surface area contributed by atoms with E-state index in [9.17, 15) is 0 Å². The Morgan fingerprint density at radius 1 is 1.04 bits per heavy atom. The van der Waals surface area contributed by atoms with E-state index in [0.29, 0.717) is 30.4 Å². The van der Waals surface area contributed by atoms with Crippen molar-refractivity contribution in [1.82, 2.24) is 15.0 Å². The predicted octanol–water partition coefficient (Wildman–Crippen LogP) is 3.18. The van der Waals surface area contributed by atoms with Crippen molar-refractivity contribution in [2.24, 2.45) is 5.90 Å². The number of benzene rings is 1. The lowest BCUT2D eigenvalue weighted by molar-refractivity contribution is 0.300. The molecule has 2 aromatic rings. The molecule has 1 aromatic carbocycles. The Labute approximate surface area is 142 Å². The van der Waals surface area contributed by atoms with Gasteiger partial charge in [-0.15, -0.1) is 4.98 Å². The molecule has 0 aliphatic rings. The minimum absolute atomic E-state index is 0.155. The third-order valence-electron chi connectivity index (χ3n) is 3.33. The van der Waals surface area contributed by atoms with Gasteiger partial charge in [0.25, 0.3) is 0 Å². The van der Waals surface area contributed by atoms with E-state index in [-0.39, 0.29) is 17.4 Å². The van der Waals surface area contributed by atoms with Crippen LogP contribution >= 0.6 is 0 Å². The lowest BCUT2D eigenvalue weighted by atomic mass is 9.86. The molecule has 0 fully saturated rings. The van der Waals surface area contributed by atoms with Crippen LogP contribution in [0.5, 0.6) is 23.5 Å². The first-order valence-corrected chi connectivity index (χ1v) is 7.94. The minimum Gasteiger partial charge on any atom is -0.464 e. The Bertz CT molecular complexity index is 699. The fourth-order valence-electron chi connectivity index (χ4n) is 2.14. The van der Waals surface area contributed by atoms with Crippen LogP contribution in [0, 0.1) is 0 Å². The molecule has 130 valence electrons. The molecule has 0 spiro atoms. The molecule has 0 saturated carbocycles. The van der Waals surface area contributed by atoms with E-state index in [1.165, 1.54) is 0 Å². The number of nitrogens with two attached hydrogens (primary N) is 1. The summed E-state index contributed by atoms with van der Waals surface area (Å²) in [5.41, 5.74) is 0.774. The molecule has 2 rings (SSSR count). The maximum Gasteiger partial charge on any atom is 0.328 e. The summed E-state index contributed by atoms with van der Waals surface area (Å²) in [6, 6.07) is 5.86. The van der Waals surface area contributed by atoms with Crippen molar-refractivity contribution in [3.8, 4) is 23.5 Å². The first-order valence-electron chi connectivity index (χ1n) is 7.94. The van der Waals surface area contributed by atoms with Crippen LogP contribution in [-0.2, 0) is 11.8 Å². The minimum atomic E-state index is -0.155. The van der Waals surface area contributed by atoms with Gasteiger partial charge in [-0.2, -0.15) is 15.9 Å². The molecule has 0 radical (unpaired) electrons. The Hall–Kier alpha value is -2.41. The smallest absolute Gasteiger partial charge is 0.328 e. The molecule has 0 aliphatic carbocycles. The highest BCUT2D eigenvalue weighted by atomic mass is 16.6. The zero-order valence-electron chi connectivity index (χ0n) is 14.8. The van der Waals surface area contributed by atoms with E-state index in [2.05, 4.69) is 35.7 Å². The fourth-order valence-corrected chi connectivity index (χ4v) is 2.14. The van der Waals surface area contributed by atoms with E-state index in [0.717, 1.165) is 5.56 Å². The molecule has 0 unspecified atom stereocenters. The summed E-state index contributed by atoms with van der Waals surface area (Å²) >= 11 is 0. The largest absolute Gasteiger partial charge is 0.464 e. The van der Waals surface area contributed by atoms with Crippen molar-refractivity contribution >= 4 is 0 Å². The zero-order valence-corrected chi connectivity index (χ0v) is 14.8. The van der Waals surface area contributed by atoms with E-state index >= 15 is 0 Å². The van der Waals surface area contributed by atoms with Gasteiger partial charge in [0.1, 0.15) is 11.6 Å². The monoisotopic (exact) mass is 332 g/mol. The summed E-state index contributed by atoms with van der Waals surface area (Å²) in [7, 11) is 0. The number of ether oxygens (including phenoxy) is 2. The molecule has 0 amide bonds. The Balaban J connectivity index is 2.35. The highest BCUT2D eigenvalue weighted by molar-refractivity contribution is 5.44. The Kier molecular flexibility index (Phi) is 5.56. The summed E-state index contributed by atoms with van der Waals surface area (Å²) in [4.78, 5) is 17.6. The molecular formula is C17H24N4O3. The SMILES string of the molecule is CCOc1nc(CC)nc(Oc2ccc(ON)c(C(C)(C)C)c2)n1. The summed E-state index contributed by atoms with van der Waals surface area (Å²) < 4.78 is 11.2. The third kappa shape index (κ3) is 4.32. The zero-order chi connectivity index (χ0) is 17.7. The van der Waals surface area contributed by atoms with Crippen LogP contribution < -0.4 is 20.2 Å². The van der Waals surface area contributed by atoms with Crippen LogP contribution in [0.15, 0.2) is 18.2 Å². The number of nitrogens with zero attached hydrogens (tertiary/aromatic N) is 3. The Morgan fingerprint density at radius 2 is 1.75 bits per heavy atom. The van der Waals surface area contributed by atoms with Crippen molar-refractivity contribution in [2.45, 2.75) is 46.5 Å². The van der Waals surface area contributed by atoms with Gasteiger partial charge in [-0.3, -0.25) is 0 Å². The average Bonchev–Trinajstić information content (AvgIpc) is 2.54. The summed E-state index contributed by atoms with van der Waals surface area (Å²) in [5, 5.41) is 0. The van der Waals surface area contributed by atoms with Gasteiger partial charge in [-0.25, -0.2) is 0 Å². The summed E-state index contributed by atoms with van der Waals surface area (Å²) in [5.74, 6) is 7.16. The molecule has 0 bridgehead atoms. The van der Waals surface area contributed by atoms with Gasteiger partial charge in [-0.05, 0) is 30.5 Å². The molecule has 0 atom stereocenters. The van der Waals surface area contributed by atoms with E-state index in [1.807, 2.05) is 19.9 Å². The molecule has 0 aliphatic heterocycles. The number of rotatable bonds is 6. The average molecular weight is 332 g/mol. The van der Waals surface area contributed by atoms with Gasteiger partial charge >= 0.3 is 12.0 Å². The highest BCUT2D eigenvalue weighted by Crippen LogP contribution is 2.34. The van der Waals surface area contributed by atoms with E-state index in [1.54, 1.807) is 12.1 Å². The highest BCUT2D eigenvalue weighted by Gasteiger charge is 2.20. The van der Waals surface area contributed by atoms with Crippen molar-refractivity contribution in [3.05, 3.63) is 29.6 Å². The van der Waals surface area contributed by atoms with Gasteiger partial charge < -0.3 is 14.3 Å². The maximum absolute atomic E-state index is 5.80. The van der Waals surface area contributed by atoms with Crippen molar-refractivity contribution in [2.75, 3.05) is 6.61 Å². The number of aryl methyl sites for hydroxylation is 1. The normalized spacial score (nSPS) is 11.2. The lowest BCUT2D eigenvalue weighted by Gasteiger charge is -2.22. The number of hydrogen-bond acceptors (Lipinski definition) is 7. The van der Waals surface area contributed by atoms with E-state index in [4.69, 9.17) is 20.2 Å². The second-order valence-corrected chi connectivity index (χ2v) is 6.23. The molecular weight excluding hydrogens is 308 g/mol. The van der Waals surface area contributed by atoms with Crippen molar-refractivity contribution in [3.63, 3.8) is 0 Å². The van der Waals surface area contributed by atoms with Crippen LogP contribution in [0.25, 0.3) is 0 Å². The maximum atomic E-state index is 5.80. The molecule has 2 N–H and O–H groups in total. The summed E-state index contributed by atoms with van der Waals surface area (Å²) in [6.45, 7) is 10.5. The first-order chi connectivity index (χ1) is 11.4. The second kappa shape index (κ2) is 7.44. The predicted molar refractivity (Wildman–Crippen MR) is 90.4 cm³/mol. The van der Waals surface area contributed by atoms with Crippen LogP contribution in [0.1, 0.15) is 46.0 Å². The lowest BCUT2D eigenvalue weighted by Crippen LogP contribution is -2.15. The van der Waals surface area contributed by atoms with Gasteiger partial charge in [0.05, 0.1) is 6.61 Å². The fraction of sp³-hybridized carbons (Fsp3) is 0.471. The number of aromatic nitrogens is 3. The molecule has 7 nitrogen and oxygen atoms in total. The van der Waals surface area contributed by atoms with Crippen LogP contribution in [0.4, 0.5) is 0 Å². The van der Waals surface area contributed by atoms with Gasteiger partial charge in [0.15, 0.2) is 5.75 Å². The third-order valence-corrected chi connectivity index (χ3v) is 3.33. The Morgan fingerprint density at radius 3 is 2.33 bits per heavy atom. The molecule has 1 aromatic heterocycles. The van der Waals surface area contributed by atoms with Gasteiger partial charge in [-0.1, -0.05) is 27.7 Å². The molecule has 7 heteroatoms. The van der Waals surface area contributed by atoms with Gasteiger partial charge in [0, 0.05) is 12.0 Å². The standard InChI is InChI=1S/C17H24N4O3/c1-6-14-19-15(22-7-2)21-16(20-14)23-11-8-9-13(24-18)12(10-11)17(3,4)5/h8-10H,6-7,18H2,1-5H3. The quantitative estimate of drug-likeness (QED) is 0.812. The summed E-state index contributed by atoms with van der Waals surface area (Å²) in [6.07, 6.45) is 0.659. The first kappa shape index (κ1) is 17.9. The van der Waals surface area contributed by atoms with Crippen molar-refractivity contribution in [1.29, 1.82) is 0 Å². The topological polar surface area (TPSA) is 92.4 Å². The second-order valence-electron chi connectivity index (χ2n) is 6.23. The van der Waals surface area contributed by atoms with Crippen LogP contribution in [-0.4, -0.2) is 21.6 Å². The molecule has 0 saturated heterocycles. The molecule has 1 heterocycles.